The summed E-state index contributed by atoms with van der Waals surface area (Å²) in [6.07, 6.45) is 4.52. The number of fused-ring (bicyclic) bond motifs is 1. The van der Waals surface area contributed by atoms with Gasteiger partial charge in [0.15, 0.2) is 0 Å². The standard InChI is InChI=1S/C28H20Se/c1-3-10-23(11-4-1)27-26(20-29-28(27)24-12-5-2-6-13-24)18-16-21-15-17-22-9-7-8-14-25(22)19-21/h1-20H/b18-16+. The second-order valence-corrected chi connectivity index (χ2v) is 8.91. The van der Waals surface area contributed by atoms with Crippen molar-refractivity contribution in [3.05, 3.63) is 119 Å². The third kappa shape index (κ3) is 3.76. The fourth-order valence-electron chi connectivity index (χ4n) is 3.70. The summed E-state index contributed by atoms with van der Waals surface area (Å²) < 4.78 is 1.46. The summed E-state index contributed by atoms with van der Waals surface area (Å²) in [4.78, 5) is 2.41. The molecule has 0 nitrogen and oxygen atoms in total. The van der Waals surface area contributed by atoms with Gasteiger partial charge < -0.3 is 0 Å². The third-order valence-corrected chi connectivity index (χ3v) is 7.34. The van der Waals surface area contributed by atoms with Crippen LogP contribution in [0.3, 0.4) is 0 Å². The first-order chi connectivity index (χ1) is 14.4. The summed E-state index contributed by atoms with van der Waals surface area (Å²) in [5, 5.41) is 2.56. The first-order valence-corrected chi connectivity index (χ1v) is 11.6. The minimum absolute atomic E-state index is 0.329. The average molecular weight is 435 g/mol. The maximum atomic E-state index is 2.41. The molecular weight excluding hydrogens is 415 g/mol. The van der Waals surface area contributed by atoms with E-state index in [2.05, 4.69) is 120 Å². The van der Waals surface area contributed by atoms with Crippen molar-refractivity contribution in [3.8, 4) is 21.1 Å². The summed E-state index contributed by atoms with van der Waals surface area (Å²) in [6.45, 7) is 0. The quantitative estimate of drug-likeness (QED) is 0.258. The Hall–Kier alpha value is -3.12. The molecule has 0 bridgehead atoms. The molecule has 0 atom stereocenters. The number of rotatable bonds is 4. The normalized spacial score (nSPS) is 11.3. The molecule has 1 heterocycles. The number of hydrogen-bond donors (Lipinski definition) is 0. The van der Waals surface area contributed by atoms with Crippen LogP contribution in [0.15, 0.2) is 108 Å². The van der Waals surface area contributed by atoms with E-state index < -0.39 is 0 Å². The van der Waals surface area contributed by atoms with Crippen LogP contribution in [0.25, 0.3) is 44.1 Å². The molecule has 1 aromatic heterocycles. The van der Waals surface area contributed by atoms with E-state index in [1.807, 2.05) is 0 Å². The summed E-state index contributed by atoms with van der Waals surface area (Å²) in [6, 6.07) is 36.7. The van der Waals surface area contributed by atoms with Crippen LogP contribution in [0.5, 0.6) is 0 Å². The van der Waals surface area contributed by atoms with Crippen molar-refractivity contribution in [3.63, 3.8) is 0 Å². The van der Waals surface area contributed by atoms with Crippen LogP contribution in [-0.4, -0.2) is 14.5 Å². The molecule has 0 aliphatic rings. The van der Waals surface area contributed by atoms with Gasteiger partial charge in [-0.3, -0.25) is 0 Å². The van der Waals surface area contributed by atoms with Crippen molar-refractivity contribution in [1.82, 2.24) is 0 Å². The van der Waals surface area contributed by atoms with Gasteiger partial charge in [-0.15, -0.1) is 0 Å². The third-order valence-electron chi connectivity index (χ3n) is 5.15. The van der Waals surface area contributed by atoms with Gasteiger partial charge in [-0.05, 0) is 0 Å². The fourth-order valence-corrected chi connectivity index (χ4v) is 5.93. The second kappa shape index (κ2) is 8.09. The van der Waals surface area contributed by atoms with Crippen LogP contribution in [0.2, 0.25) is 0 Å². The molecule has 1 heteroatoms. The van der Waals surface area contributed by atoms with Gasteiger partial charge >= 0.3 is 178 Å². The van der Waals surface area contributed by atoms with Crippen LogP contribution >= 0.6 is 0 Å². The average Bonchev–Trinajstić information content (AvgIpc) is 3.23. The maximum absolute atomic E-state index is 2.41. The summed E-state index contributed by atoms with van der Waals surface area (Å²) in [5.41, 5.74) is 6.55. The SMILES string of the molecule is C(=C\c1c[se]c(-c2ccccc2)c1-c1ccccc1)/c1ccc2ccccc2c1. The van der Waals surface area contributed by atoms with Crippen LogP contribution in [0.1, 0.15) is 11.1 Å². The topological polar surface area (TPSA) is 0 Å². The van der Waals surface area contributed by atoms with Crippen molar-refractivity contribution < 1.29 is 0 Å². The first kappa shape index (κ1) is 17.9. The van der Waals surface area contributed by atoms with E-state index in [4.69, 9.17) is 0 Å². The zero-order chi connectivity index (χ0) is 19.5. The Labute approximate surface area is 177 Å². The van der Waals surface area contributed by atoms with E-state index in [1.54, 1.807) is 0 Å². The van der Waals surface area contributed by atoms with E-state index in [9.17, 15) is 0 Å². The molecule has 0 saturated heterocycles. The van der Waals surface area contributed by atoms with E-state index in [0.29, 0.717) is 14.5 Å². The Morgan fingerprint density at radius 2 is 1.21 bits per heavy atom. The Bertz CT molecular complexity index is 1280. The molecule has 0 fully saturated rings. The van der Waals surface area contributed by atoms with Crippen molar-refractivity contribution in [2.75, 3.05) is 0 Å². The Balaban J connectivity index is 1.59. The van der Waals surface area contributed by atoms with Gasteiger partial charge in [0.2, 0.25) is 0 Å². The Morgan fingerprint density at radius 3 is 1.97 bits per heavy atom. The molecule has 29 heavy (non-hydrogen) atoms. The monoisotopic (exact) mass is 436 g/mol. The molecule has 0 unspecified atom stereocenters. The van der Waals surface area contributed by atoms with Gasteiger partial charge in [-0.2, -0.15) is 0 Å². The molecule has 138 valence electrons. The molecule has 0 aliphatic heterocycles. The molecule has 5 aromatic rings. The van der Waals surface area contributed by atoms with E-state index in [1.165, 1.54) is 43.0 Å². The minimum atomic E-state index is 0.329. The molecule has 0 aliphatic carbocycles. The Morgan fingerprint density at radius 1 is 0.552 bits per heavy atom. The van der Waals surface area contributed by atoms with Gasteiger partial charge in [0.1, 0.15) is 0 Å². The summed E-state index contributed by atoms with van der Waals surface area (Å²) in [5.74, 6) is 0. The predicted octanol–water partition coefficient (Wildman–Crippen LogP) is 7.40. The molecular formula is C28H20Se. The Kier molecular flexibility index (Phi) is 5.00. The zero-order valence-corrected chi connectivity index (χ0v) is 17.7. The zero-order valence-electron chi connectivity index (χ0n) is 16.0. The van der Waals surface area contributed by atoms with Crippen molar-refractivity contribution in [2.45, 2.75) is 0 Å². The summed E-state index contributed by atoms with van der Waals surface area (Å²) in [7, 11) is 0. The van der Waals surface area contributed by atoms with Crippen molar-refractivity contribution in [1.29, 1.82) is 0 Å². The van der Waals surface area contributed by atoms with Gasteiger partial charge in [0, 0.05) is 0 Å². The molecule has 0 N–H and O–H groups in total. The van der Waals surface area contributed by atoms with Gasteiger partial charge in [-0.25, -0.2) is 0 Å². The number of benzene rings is 4. The van der Waals surface area contributed by atoms with Crippen LogP contribution in [0.4, 0.5) is 0 Å². The molecule has 0 amide bonds. The van der Waals surface area contributed by atoms with Crippen molar-refractivity contribution >= 4 is 37.4 Å². The van der Waals surface area contributed by atoms with E-state index in [0.717, 1.165) is 0 Å². The second-order valence-electron chi connectivity index (χ2n) is 7.07. The molecule has 0 saturated carbocycles. The van der Waals surface area contributed by atoms with Gasteiger partial charge in [0.05, 0.1) is 0 Å². The van der Waals surface area contributed by atoms with Crippen LogP contribution in [-0.2, 0) is 0 Å². The molecule has 0 spiro atoms. The van der Waals surface area contributed by atoms with Gasteiger partial charge in [0.25, 0.3) is 0 Å². The summed E-state index contributed by atoms with van der Waals surface area (Å²) >= 11 is 0.329. The predicted molar refractivity (Wildman–Crippen MR) is 127 cm³/mol. The fraction of sp³-hybridized carbons (Fsp3) is 0. The molecule has 5 rings (SSSR count). The van der Waals surface area contributed by atoms with Crippen molar-refractivity contribution in [2.24, 2.45) is 0 Å². The van der Waals surface area contributed by atoms with Crippen LogP contribution < -0.4 is 0 Å². The van der Waals surface area contributed by atoms with Crippen LogP contribution in [0, 0.1) is 0 Å². The van der Waals surface area contributed by atoms with Gasteiger partial charge in [-0.1, -0.05) is 0 Å². The molecule has 4 aromatic carbocycles. The first-order valence-electron chi connectivity index (χ1n) is 9.78. The molecule has 0 radical (unpaired) electrons. The van der Waals surface area contributed by atoms with E-state index >= 15 is 0 Å². The van der Waals surface area contributed by atoms with E-state index in [-0.39, 0.29) is 0 Å². The number of hydrogen-bond acceptors (Lipinski definition) is 0.